The lowest BCUT2D eigenvalue weighted by molar-refractivity contribution is 0.00578. The largest absolute Gasteiger partial charge is 0.498 e. The van der Waals surface area contributed by atoms with Gasteiger partial charge in [-0.05, 0) is 47.1 Å². The quantitative estimate of drug-likeness (QED) is 0.757. The number of aromatic nitrogens is 2. The van der Waals surface area contributed by atoms with Crippen LogP contribution in [0.1, 0.15) is 44.6 Å². The Labute approximate surface area is 172 Å². The minimum atomic E-state index is -0.447. The number of aryl methyl sites for hydroxylation is 1. The summed E-state index contributed by atoms with van der Waals surface area (Å²) in [6.45, 7) is 13.3. The molecule has 1 aliphatic rings. The third-order valence-corrected chi connectivity index (χ3v) is 5.73. The lowest BCUT2D eigenvalue weighted by Crippen LogP contribution is -2.41. The summed E-state index contributed by atoms with van der Waals surface area (Å²) < 4.78 is 19.5. The average Bonchev–Trinajstić information content (AvgIpc) is 3.04. The Balaban J connectivity index is 1.55. The van der Waals surface area contributed by atoms with Crippen LogP contribution in [0.25, 0.3) is 0 Å². The molecule has 0 saturated carbocycles. The number of carbonyl (C=O) groups is 1. The molecular weight excluding hydrogens is 369 g/mol. The zero-order valence-corrected chi connectivity index (χ0v) is 18.1. The first kappa shape index (κ1) is 21.4. The van der Waals surface area contributed by atoms with Crippen molar-refractivity contribution in [2.75, 3.05) is 6.54 Å². The van der Waals surface area contributed by atoms with E-state index in [0.29, 0.717) is 13.1 Å². The van der Waals surface area contributed by atoms with E-state index in [4.69, 9.17) is 14.0 Å². The van der Waals surface area contributed by atoms with Gasteiger partial charge in [0.2, 0.25) is 0 Å². The van der Waals surface area contributed by atoms with Gasteiger partial charge >= 0.3 is 13.2 Å². The Kier molecular flexibility index (Phi) is 6.05. The van der Waals surface area contributed by atoms with Crippen molar-refractivity contribution in [1.29, 1.82) is 0 Å². The van der Waals surface area contributed by atoms with Gasteiger partial charge in [0, 0.05) is 17.7 Å². The molecule has 0 radical (unpaired) electrons. The van der Waals surface area contributed by atoms with Gasteiger partial charge in [-0.1, -0.05) is 30.3 Å². The minimum absolute atomic E-state index is 0.249. The molecule has 0 unspecified atom stereocenters. The lowest BCUT2D eigenvalue weighted by atomic mass is 9.77. The highest BCUT2D eigenvalue weighted by molar-refractivity contribution is 6.63. The summed E-state index contributed by atoms with van der Waals surface area (Å²) in [5.41, 5.74) is 2.95. The molecule has 0 aliphatic carbocycles. The number of benzene rings is 1. The Hall–Kier alpha value is -2.32. The Morgan fingerprint density at radius 1 is 1.14 bits per heavy atom. The summed E-state index contributed by atoms with van der Waals surface area (Å²) in [6.07, 6.45) is -0.443. The van der Waals surface area contributed by atoms with Gasteiger partial charge in [0.25, 0.3) is 0 Å². The van der Waals surface area contributed by atoms with Crippen LogP contribution < -0.4 is 10.8 Å². The van der Waals surface area contributed by atoms with Crippen molar-refractivity contribution < 1.29 is 18.8 Å². The lowest BCUT2D eigenvalue weighted by Gasteiger charge is -2.32. The van der Waals surface area contributed by atoms with E-state index >= 15 is 0 Å². The molecule has 29 heavy (non-hydrogen) atoms. The maximum absolute atomic E-state index is 11.9. The summed E-state index contributed by atoms with van der Waals surface area (Å²) in [5, 5.41) is 7.37. The van der Waals surface area contributed by atoms with Crippen LogP contribution in [-0.2, 0) is 27.2 Å². The molecule has 156 valence electrons. The van der Waals surface area contributed by atoms with Gasteiger partial charge in [0.15, 0.2) is 0 Å². The van der Waals surface area contributed by atoms with E-state index in [-0.39, 0.29) is 6.61 Å². The second-order valence-electron chi connectivity index (χ2n) is 8.38. The average molecular weight is 399 g/mol. The van der Waals surface area contributed by atoms with Crippen molar-refractivity contribution in [3.05, 3.63) is 47.3 Å². The number of nitrogens with one attached hydrogen (secondary N) is 1. The van der Waals surface area contributed by atoms with Gasteiger partial charge in [-0.2, -0.15) is 5.10 Å². The fraction of sp³-hybridized carbons (Fsp3) is 0.524. The zero-order valence-electron chi connectivity index (χ0n) is 18.1. The topological polar surface area (TPSA) is 74.6 Å². The fourth-order valence-electron chi connectivity index (χ4n) is 3.27. The van der Waals surface area contributed by atoms with E-state index < -0.39 is 24.4 Å². The standard InChI is InChI=1S/C21H30BN3O4/c1-15-18(22-28-20(3,4)21(5,6)29-22)16(2)25(24-15)13-12-23-19(26)27-14-17-10-8-7-9-11-17/h7-11H,12-14H2,1-6H3,(H,23,26). The first-order valence-electron chi connectivity index (χ1n) is 9.95. The van der Waals surface area contributed by atoms with Gasteiger partial charge in [-0.15, -0.1) is 0 Å². The third kappa shape index (κ3) is 4.65. The van der Waals surface area contributed by atoms with Crippen molar-refractivity contribution in [3.8, 4) is 0 Å². The molecule has 2 heterocycles. The van der Waals surface area contributed by atoms with E-state index in [0.717, 1.165) is 22.4 Å². The minimum Gasteiger partial charge on any atom is -0.445 e. The SMILES string of the molecule is Cc1nn(CCNC(=O)OCc2ccccc2)c(C)c1B1OC(C)(C)C(C)(C)O1. The highest BCUT2D eigenvalue weighted by Gasteiger charge is 2.53. The summed E-state index contributed by atoms with van der Waals surface area (Å²) >= 11 is 0. The molecule has 8 heteroatoms. The Morgan fingerprint density at radius 3 is 2.38 bits per heavy atom. The van der Waals surface area contributed by atoms with E-state index in [1.165, 1.54) is 0 Å². The molecule has 1 fully saturated rings. The monoisotopic (exact) mass is 399 g/mol. The van der Waals surface area contributed by atoms with Crippen LogP contribution in [0.3, 0.4) is 0 Å². The third-order valence-electron chi connectivity index (χ3n) is 5.73. The molecule has 1 aliphatic heterocycles. The summed E-state index contributed by atoms with van der Waals surface area (Å²) in [4.78, 5) is 11.9. The number of hydrogen-bond acceptors (Lipinski definition) is 5. The molecule has 0 bridgehead atoms. The van der Waals surface area contributed by atoms with Crippen molar-refractivity contribution >= 4 is 18.7 Å². The normalized spacial score (nSPS) is 17.4. The number of rotatable bonds is 6. The number of ether oxygens (including phenoxy) is 1. The second-order valence-corrected chi connectivity index (χ2v) is 8.38. The number of alkyl carbamates (subject to hydrolysis) is 1. The highest BCUT2D eigenvalue weighted by atomic mass is 16.7. The maximum atomic E-state index is 11.9. The van der Waals surface area contributed by atoms with Gasteiger partial charge < -0.3 is 19.4 Å². The molecule has 1 aromatic carbocycles. The van der Waals surface area contributed by atoms with Crippen molar-refractivity contribution in [3.63, 3.8) is 0 Å². The number of hydrogen-bond donors (Lipinski definition) is 1. The van der Waals surface area contributed by atoms with Crippen LogP contribution in [0.5, 0.6) is 0 Å². The van der Waals surface area contributed by atoms with E-state index in [1.54, 1.807) is 0 Å². The highest BCUT2D eigenvalue weighted by Crippen LogP contribution is 2.36. The van der Waals surface area contributed by atoms with Crippen LogP contribution in [0, 0.1) is 13.8 Å². The van der Waals surface area contributed by atoms with Gasteiger partial charge in [0.1, 0.15) is 6.61 Å². The number of nitrogens with zero attached hydrogens (tertiary/aromatic N) is 2. The molecule has 7 nitrogen and oxygen atoms in total. The van der Waals surface area contributed by atoms with E-state index in [9.17, 15) is 4.79 Å². The van der Waals surface area contributed by atoms with Crippen molar-refractivity contribution in [1.82, 2.24) is 15.1 Å². The van der Waals surface area contributed by atoms with Crippen LogP contribution in [0.15, 0.2) is 30.3 Å². The Morgan fingerprint density at radius 2 is 1.76 bits per heavy atom. The van der Waals surface area contributed by atoms with Gasteiger partial charge in [-0.3, -0.25) is 4.68 Å². The number of amides is 1. The van der Waals surface area contributed by atoms with E-state index in [2.05, 4.69) is 10.4 Å². The summed E-state index contributed by atoms with van der Waals surface area (Å²) in [5.74, 6) is 0. The molecule has 2 aromatic rings. The van der Waals surface area contributed by atoms with Crippen LogP contribution in [-0.4, -0.2) is 40.7 Å². The Bertz CT molecular complexity index is 848. The van der Waals surface area contributed by atoms with E-state index in [1.807, 2.05) is 76.6 Å². The zero-order chi connectivity index (χ0) is 21.2. The summed E-state index contributed by atoms with van der Waals surface area (Å²) in [7, 11) is -0.447. The van der Waals surface area contributed by atoms with Crippen LogP contribution in [0.4, 0.5) is 4.79 Å². The molecule has 0 spiro atoms. The predicted molar refractivity (Wildman–Crippen MR) is 112 cm³/mol. The van der Waals surface area contributed by atoms with Gasteiger partial charge in [0.05, 0.1) is 23.4 Å². The smallest absolute Gasteiger partial charge is 0.445 e. The molecule has 1 N–H and O–H groups in total. The molecule has 0 atom stereocenters. The predicted octanol–water partition coefficient (Wildman–Crippen LogP) is 2.73. The summed E-state index contributed by atoms with van der Waals surface area (Å²) in [6, 6.07) is 9.59. The first-order valence-corrected chi connectivity index (χ1v) is 9.95. The van der Waals surface area contributed by atoms with Crippen molar-refractivity contribution in [2.45, 2.75) is 65.9 Å². The number of carbonyl (C=O) groups excluding carboxylic acids is 1. The first-order chi connectivity index (χ1) is 13.6. The molecular formula is C21H30BN3O4. The fourth-order valence-corrected chi connectivity index (χ4v) is 3.27. The molecule has 1 saturated heterocycles. The molecule has 1 aromatic heterocycles. The molecule has 3 rings (SSSR count). The van der Waals surface area contributed by atoms with Gasteiger partial charge in [-0.25, -0.2) is 4.79 Å². The van der Waals surface area contributed by atoms with Crippen LogP contribution in [0.2, 0.25) is 0 Å². The molecule has 1 amide bonds. The maximum Gasteiger partial charge on any atom is 0.498 e. The van der Waals surface area contributed by atoms with Crippen molar-refractivity contribution in [2.24, 2.45) is 0 Å². The second kappa shape index (κ2) is 8.20. The van der Waals surface area contributed by atoms with Crippen LogP contribution >= 0.6 is 0 Å².